The summed E-state index contributed by atoms with van der Waals surface area (Å²) in [7, 11) is 0. The number of hydrogen-bond donors (Lipinski definition) is 2. The third-order valence-corrected chi connectivity index (χ3v) is 7.17. The zero-order valence-corrected chi connectivity index (χ0v) is 20.9. The molecule has 0 saturated heterocycles. The van der Waals surface area contributed by atoms with Crippen molar-refractivity contribution < 1.29 is 4.39 Å². The fraction of sp³-hybridized carbons (Fsp3) is 0.276. The minimum atomic E-state index is -0.280. The number of aryl methyl sites for hydroxylation is 2. The standard InChI is InChI=1S/C29H30ClFN4/c1-19-6-3-4-7-23(19)29-20(2)28-24-17-33-34-26(24)10-11-27(28)35(29)18-22-9-8-21(16-25(22)30)12-15-32-14-5-13-31/h3-4,6-11,16-17,32H,5,12-15,18H2,1-2H3,(H,33,34). The Morgan fingerprint density at radius 2 is 1.91 bits per heavy atom. The first-order valence-electron chi connectivity index (χ1n) is 12.1. The lowest BCUT2D eigenvalue weighted by molar-refractivity contribution is 0.460. The zero-order valence-electron chi connectivity index (χ0n) is 20.2. The molecule has 5 rings (SSSR count). The van der Waals surface area contributed by atoms with Gasteiger partial charge in [-0.2, -0.15) is 5.10 Å². The van der Waals surface area contributed by atoms with Crippen LogP contribution in [0, 0.1) is 13.8 Å². The van der Waals surface area contributed by atoms with Crippen molar-refractivity contribution in [1.29, 1.82) is 0 Å². The Morgan fingerprint density at radius 1 is 1.06 bits per heavy atom. The van der Waals surface area contributed by atoms with Gasteiger partial charge < -0.3 is 9.88 Å². The molecule has 2 heterocycles. The molecule has 0 radical (unpaired) electrons. The van der Waals surface area contributed by atoms with E-state index in [2.05, 4.69) is 88.5 Å². The van der Waals surface area contributed by atoms with E-state index in [1.807, 2.05) is 6.20 Å². The molecular weight excluding hydrogens is 459 g/mol. The minimum Gasteiger partial charge on any atom is -0.336 e. The number of hydrogen-bond acceptors (Lipinski definition) is 2. The monoisotopic (exact) mass is 488 g/mol. The molecule has 180 valence electrons. The lowest BCUT2D eigenvalue weighted by Gasteiger charge is -2.15. The SMILES string of the molecule is Cc1ccccc1-c1c(C)c2c3cn[nH]c3ccc2n1Cc1ccc(CCNCCCF)cc1Cl. The van der Waals surface area contributed by atoms with Gasteiger partial charge in [0.2, 0.25) is 0 Å². The first-order valence-corrected chi connectivity index (χ1v) is 12.5. The van der Waals surface area contributed by atoms with Crippen LogP contribution in [0.15, 0.2) is 60.8 Å². The van der Waals surface area contributed by atoms with E-state index in [0.29, 0.717) is 19.5 Å². The van der Waals surface area contributed by atoms with E-state index in [4.69, 9.17) is 11.6 Å². The Labute approximate surface area is 210 Å². The molecule has 0 aliphatic rings. The number of H-pyrrole nitrogens is 1. The molecule has 3 aromatic carbocycles. The topological polar surface area (TPSA) is 45.6 Å². The normalized spacial score (nSPS) is 11.7. The van der Waals surface area contributed by atoms with Crippen LogP contribution in [-0.4, -0.2) is 34.5 Å². The number of rotatable bonds is 9. The van der Waals surface area contributed by atoms with Gasteiger partial charge in [0.05, 0.1) is 24.1 Å². The summed E-state index contributed by atoms with van der Waals surface area (Å²) in [6.45, 7) is 6.27. The lowest BCUT2D eigenvalue weighted by Crippen LogP contribution is -2.18. The highest BCUT2D eigenvalue weighted by Crippen LogP contribution is 2.39. The van der Waals surface area contributed by atoms with Gasteiger partial charge in [-0.15, -0.1) is 0 Å². The average molecular weight is 489 g/mol. The first kappa shape index (κ1) is 23.6. The Kier molecular flexibility index (Phi) is 6.89. The van der Waals surface area contributed by atoms with Crippen molar-refractivity contribution in [1.82, 2.24) is 20.1 Å². The van der Waals surface area contributed by atoms with Gasteiger partial charge in [-0.1, -0.05) is 48.0 Å². The van der Waals surface area contributed by atoms with Crippen LogP contribution in [0.3, 0.4) is 0 Å². The van der Waals surface area contributed by atoms with Crippen LogP contribution in [0.2, 0.25) is 5.02 Å². The highest BCUT2D eigenvalue weighted by molar-refractivity contribution is 6.31. The number of benzene rings is 3. The maximum absolute atomic E-state index is 12.3. The molecule has 0 bridgehead atoms. The van der Waals surface area contributed by atoms with Gasteiger partial charge in [0, 0.05) is 33.4 Å². The molecule has 0 unspecified atom stereocenters. The Morgan fingerprint density at radius 3 is 2.71 bits per heavy atom. The number of alkyl halides is 1. The van der Waals surface area contributed by atoms with Crippen molar-refractivity contribution >= 4 is 33.4 Å². The van der Waals surface area contributed by atoms with Crippen molar-refractivity contribution in [3.05, 3.63) is 88.1 Å². The maximum Gasteiger partial charge on any atom is 0.0906 e. The fourth-order valence-corrected chi connectivity index (χ4v) is 5.27. The van der Waals surface area contributed by atoms with Gasteiger partial charge in [0.15, 0.2) is 0 Å². The molecule has 4 nitrogen and oxygen atoms in total. The van der Waals surface area contributed by atoms with Crippen molar-refractivity contribution in [2.75, 3.05) is 19.8 Å². The van der Waals surface area contributed by atoms with Crippen LogP contribution < -0.4 is 5.32 Å². The number of aromatic amines is 1. The van der Waals surface area contributed by atoms with Crippen LogP contribution in [0.5, 0.6) is 0 Å². The highest BCUT2D eigenvalue weighted by Gasteiger charge is 2.20. The smallest absolute Gasteiger partial charge is 0.0906 e. The van der Waals surface area contributed by atoms with E-state index in [1.54, 1.807) is 0 Å². The maximum atomic E-state index is 12.3. The number of nitrogens with zero attached hydrogens (tertiary/aromatic N) is 2. The minimum absolute atomic E-state index is 0.280. The van der Waals surface area contributed by atoms with Crippen LogP contribution in [-0.2, 0) is 13.0 Å². The summed E-state index contributed by atoms with van der Waals surface area (Å²) >= 11 is 6.81. The second-order valence-corrected chi connectivity index (χ2v) is 9.54. The molecule has 0 spiro atoms. The molecule has 2 N–H and O–H groups in total. The van der Waals surface area contributed by atoms with E-state index in [1.165, 1.54) is 38.9 Å². The van der Waals surface area contributed by atoms with E-state index in [-0.39, 0.29) is 6.67 Å². The van der Waals surface area contributed by atoms with Gasteiger partial charge in [-0.25, -0.2) is 0 Å². The van der Waals surface area contributed by atoms with Crippen molar-refractivity contribution in [3.8, 4) is 11.3 Å². The molecule has 0 atom stereocenters. The van der Waals surface area contributed by atoms with Crippen molar-refractivity contribution in [3.63, 3.8) is 0 Å². The van der Waals surface area contributed by atoms with E-state index < -0.39 is 0 Å². The number of nitrogens with one attached hydrogen (secondary N) is 2. The number of aromatic nitrogens is 3. The summed E-state index contributed by atoms with van der Waals surface area (Å²) in [5.41, 5.74) is 9.40. The van der Waals surface area contributed by atoms with E-state index in [0.717, 1.165) is 34.5 Å². The molecule has 35 heavy (non-hydrogen) atoms. The van der Waals surface area contributed by atoms with Crippen LogP contribution in [0.1, 0.15) is 28.7 Å². The Balaban J connectivity index is 1.55. The molecule has 0 fully saturated rings. The first-order chi connectivity index (χ1) is 17.1. The molecule has 6 heteroatoms. The van der Waals surface area contributed by atoms with Crippen LogP contribution >= 0.6 is 11.6 Å². The molecular formula is C29H30ClFN4. The quantitative estimate of drug-likeness (QED) is 0.219. The van der Waals surface area contributed by atoms with Crippen molar-refractivity contribution in [2.24, 2.45) is 0 Å². The van der Waals surface area contributed by atoms with Gasteiger partial charge in [-0.05, 0) is 80.2 Å². The summed E-state index contributed by atoms with van der Waals surface area (Å²) in [6.07, 6.45) is 3.34. The van der Waals surface area contributed by atoms with E-state index >= 15 is 0 Å². The predicted octanol–water partition coefficient (Wildman–Crippen LogP) is 6.99. The lowest BCUT2D eigenvalue weighted by atomic mass is 10.0. The molecule has 0 aliphatic heterocycles. The van der Waals surface area contributed by atoms with Crippen LogP contribution in [0.4, 0.5) is 4.39 Å². The number of halogens is 2. The molecule has 0 saturated carbocycles. The summed E-state index contributed by atoms with van der Waals surface area (Å²) < 4.78 is 14.7. The Bertz CT molecular complexity index is 1480. The highest BCUT2D eigenvalue weighted by atomic mass is 35.5. The largest absolute Gasteiger partial charge is 0.336 e. The summed E-state index contributed by atoms with van der Waals surface area (Å²) in [5, 5.41) is 13.8. The Hall–Kier alpha value is -3.15. The third-order valence-electron chi connectivity index (χ3n) is 6.82. The molecule has 5 aromatic rings. The second-order valence-electron chi connectivity index (χ2n) is 9.13. The van der Waals surface area contributed by atoms with Crippen molar-refractivity contribution in [2.45, 2.75) is 33.2 Å². The summed E-state index contributed by atoms with van der Waals surface area (Å²) in [4.78, 5) is 0. The second kappa shape index (κ2) is 10.2. The molecule has 2 aromatic heterocycles. The third kappa shape index (κ3) is 4.58. The van der Waals surface area contributed by atoms with Gasteiger partial charge in [-0.3, -0.25) is 9.49 Å². The van der Waals surface area contributed by atoms with Gasteiger partial charge in [0.1, 0.15) is 0 Å². The predicted molar refractivity (Wildman–Crippen MR) is 144 cm³/mol. The fourth-order valence-electron chi connectivity index (χ4n) is 5.01. The van der Waals surface area contributed by atoms with Gasteiger partial charge >= 0.3 is 0 Å². The average Bonchev–Trinajstić information content (AvgIpc) is 3.43. The summed E-state index contributed by atoms with van der Waals surface area (Å²) in [6, 6.07) is 19.2. The summed E-state index contributed by atoms with van der Waals surface area (Å²) in [5.74, 6) is 0. The molecule has 0 amide bonds. The zero-order chi connectivity index (χ0) is 24.4. The van der Waals surface area contributed by atoms with Crippen LogP contribution in [0.25, 0.3) is 33.1 Å². The van der Waals surface area contributed by atoms with Gasteiger partial charge in [0.25, 0.3) is 0 Å². The van der Waals surface area contributed by atoms with E-state index in [9.17, 15) is 4.39 Å². The molecule has 0 aliphatic carbocycles. The number of fused-ring (bicyclic) bond motifs is 3.